The van der Waals surface area contributed by atoms with Crippen molar-refractivity contribution in [3.05, 3.63) is 35.4 Å². The number of hydrogen-bond donors (Lipinski definition) is 2. The maximum Gasteiger partial charge on any atom is 0.249 e. The molecule has 1 fully saturated rings. The van der Waals surface area contributed by atoms with Gasteiger partial charge in [-0.25, -0.2) is 0 Å². The van der Waals surface area contributed by atoms with Crippen LogP contribution in [0.3, 0.4) is 0 Å². The third-order valence-corrected chi connectivity index (χ3v) is 4.27. The molecular weight excluding hydrogens is 236 g/mol. The highest BCUT2D eigenvalue weighted by Gasteiger charge is 2.23. The summed E-state index contributed by atoms with van der Waals surface area (Å²) in [5.41, 5.74) is 7.06. The minimum Gasteiger partial charge on any atom is -0.366 e. The molecule has 0 bridgehead atoms. The number of carbonyl (C=O) groups is 1. The van der Waals surface area contributed by atoms with Crippen molar-refractivity contribution in [2.24, 2.45) is 11.7 Å². The Bertz CT molecular complexity index is 431. The van der Waals surface area contributed by atoms with Crippen LogP contribution in [0.5, 0.6) is 0 Å². The molecule has 1 aromatic carbocycles. The van der Waals surface area contributed by atoms with Crippen LogP contribution in [-0.4, -0.2) is 11.9 Å². The number of nitrogens with two attached hydrogens (primary N) is 1. The first-order valence-corrected chi connectivity index (χ1v) is 7.33. The van der Waals surface area contributed by atoms with Gasteiger partial charge >= 0.3 is 0 Å². The number of primary amides is 1. The predicted octanol–water partition coefficient (Wildman–Crippen LogP) is 2.84. The zero-order valence-corrected chi connectivity index (χ0v) is 11.7. The summed E-state index contributed by atoms with van der Waals surface area (Å²) in [6.07, 6.45) is 6.47. The molecule has 0 aromatic heterocycles. The average molecular weight is 260 g/mol. The number of rotatable bonds is 5. The first-order valence-electron chi connectivity index (χ1n) is 7.33. The standard InChI is InChI=1S/C16H24N2O/c1-2-12-7-4-6-10-15(12)18-11-13-8-3-5-9-14(13)16(17)19/h3,5,8-9,12,15,18H,2,4,6-7,10-11H2,1H3,(H2,17,19). The topological polar surface area (TPSA) is 55.1 Å². The Morgan fingerprint density at radius 3 is 2.79 bits per heavy atom. The molecule has 1 aliphatic carbocycles. The Labute approximate surface area is 115 Å². The maximum absolute atomic E-state index is 11.4. The van der Waals surface area contributed by atoms with Crippen molar-refractivity contribution in [1.29, 1.82) is 0 Å². The molecule has 3 heteroatoms. The summed E-state index contributed by atoms with van der Waals surface area (Å²) in [7, 11) is 0. The smallest absolute Gasteiger partial charge is 0.249 e. The van der Waals surface area contributed by atoms with E-state index in [2.05, 4.69) is 12.2 Å². The second kappa shape index (κ2) is 6.71. The average Bonchev–Trinajstić information content (AvgIpc) is 2.45. The molecule has 1 aromatic rings. The molecular formula is C16H24N2O. The van der Waals surface area contributed by atoms with Gasteiger partial charge in [-0.2, -0.15) is 0 Å². The lowest BCUT2D eigenvalue weighted by atomic mass is 9.83. The summed E-state index contributed by atoms with van der Waals surface area (Å²) >= 11 is 0. The van der Waals surface area contributed by atoms with Gasteiger partial charge < -0.3 is 11.1 Å². The van der Waals surface area contributed by atoms with Crippen LogP contribution in [0.15, 0.2) is 24.3 Å². The summed E-state index contributed by atoms with van der Waals surface area (Å²) in [5.74, 6) is 0.433. The molecule has 0 spiro atoms. The Balaban J connectivity index is 2.00. The van der Waals surface area contributed by atoms with Crippen molar-refractivity contribution < 1.29 is 4.79 Å². The predicted molar refractivity (Wildman–Crippen MR) is 77.8 cm³/mol. The Kier molecular flexibility index (Phi) is 4.97. The lowest BCUT2D eigenvalue weighted by Crippen LogP contribution is -2.38. The summed E-state index contributed by atoms with van der Waals surface area (Å²) in [6, 6.07) is 8.19. The van der Waals surface area contributed by atoms with E-state index in [0.717, 1.165) is 18.0 Å². The molecule has 3 nitrogen and oxygen atoms in total. The largest absolute Gasteiger partial charge is 0.366 e. The number of benzene rings is 1. The maximum atomic E-state index is 11.4. The molecule has 2 unspecified atom stereocenters. The molecule has 1 saturated carbocycles. The second-order valence-electron chi connectivity index (χ2n) is 5.46. The Morgan fingerprint density at radius 2 is 2.05 bits per heavy atom. The van der Waals surface area contributed by atoms with E-state index in [9.17, 15) is 4.79 Å². The molecule has 0 saturated heterocycles. The van der Waals surface area contributed by atoms with Crippen LogP contribution < -0.4 is 11.1 Å². The Morgan fingerprint density at radius 1 is 1.32 bits per heavy atom. The van der Waals surface area contributed by atoms with Crippen LogP contribution in [0.25, 0.3) is 0 Å². The van der Waals surface area contributed by atoms with Gasteiger partial charge in [-0.1, -0.05) is 44.4 Å². The van der Waals surface area contributed by atoms with Crippen LogP contribution in [0.2, 0.25) is 0 Å². The number of nitrogens with one attached hydrogen (secondary N) is 1. The molecule has 19 heavy (non-hydrogen) atoms. The third-order valence-electron chi connectivity index (χ3n) is 4.27. The van der Waals surface area contributed by atoms with Crippen LogP contribution >= 0.6 is 0 Å². The van der Waals surface area contributed by atoms with Crippen molar-refractivity contribution >= 4 is 5.91 Å². The first kappa shape index (κ1) is 14.1. The van der Waals surface area contributed by atoms with Gasteiger partial charge in [-0.3, -0.25) is 4.79 Å². The highest BCUT2D eigenvalue weighted by molar-refractivity contribution is 5.94. The molecule has 1 aliphatic rings. The molecule has 2 rings (SSSR count). The summed E-state index contributed by atoms with van der Waals surface area (Å²) in [5, 5.41) is 3.63. The van der Waals surface area contributed by atoms with Crippen molar-refractivity contribution in [3.63, 3.8) is 0 Å². The summed E-state index contributed by atoms with van der Waals surface area (Å²) in [6.45, 7) is 3.00. The fourth-order valence-electron chi connectivity index (χ4n) is 3.12. The van der Waals surface area contributed by atoms with E-state index in [1.165, 1.54) is 32.1 Å². The van der Waals surface area contributed by atoms with Gasteiger partial charge in [0.2, 0.25) is 5.91 Å². The van der Waals surface area contributed by atoms with E-state index >= 15 is 0 Å². The van der Waals surface area contributed by atoms with Crippen molar-refractivity contribution in [1.82, 2.24) is 5.32 Å². The lowest BCUT2D eigenvalue weighted by molar-refractivity contribution is 0.0999. The molecule has 0 radical (unpaired) electrons. The van der Waals surface area contributed by atoms with Crippen molar-refractivity contribution in [2.45, 2.75) is 51.6 Å². The van der Waals surface area contributed by atoms with Gasteiger partial charge in [-0.15, -0.1) is 0 Å². The van der Waals surface area contributed by atoms with E-state index in [4.69, 9.17) is 5.73 Å². The number of amides is 1. The van der Waals surface area contributed by atoms with Gasteiger partial charge in [0.25, 0.3) is 0 Å². The van der Waals surface area contributed by atoms with Crippen LogP contribution in [0.1, 0.15) is 54.9 Å². The SMILES string of the molecule is CCC1CCCCC1NCc1ccccc1C(N)=O. The first-order chi connectivity index (χ1) is 9.22. The second-order valence-corrected chi connectivity index (χ2v) is 5.46. The third kappa shape index (κ3) is 3.57. The highest BCUT2D eigenvalue weighted by atomic mass is 16.1. The van der Waals surface area contributed by atoms with Crippen LogP contribution in [-0.2, 0) is 6.54 Å². The quantitative estimate of drug-likeness (QED) is 0.855. The Hall–Kier alpha value is -1.35. The minimum atomic E-state index is -0.340. The zero-order valence-electron chi connectivity index (χ0n) is 11.7. The van der Waals surface area contributed by atoms with E-state index in [1.54, 1.807) is 6.07 Å². The van der Waals surface area contributed by atoms with Crippen molar-refractivity contribution in [3.8, 4) is 0 Å². The molecule has 1 amide bonds. The molecule has 104 valence electrons. The lowest BCUT2D eigenvalue weighted by Gasteiger charge is -2.31. The fraction of sp³-hybridized carbons (Fsp3) is 0.562. The summed E-state index contributed by atoms with van der Waals surface area (Å²) < 4.78 is 0. The monoisotopic (exact) mass is 260 g/mol. The van der Waals surface area contributed by atoms with E-state index in [1.807, 2.05) is 18.2 Å². The van der Waals surface area contributed by atoms with Crippen LogP contribution in [0, 0.1) is 5.92 Å². The minimum absolute atomic E-state index is 0.340. The van der Waals surface area contributed by atoms with E-state index in [-0.39, 0.29) is 5.91 Å². The van der Waals surface area contributed by atoms with Gasteiger partial charge in [0.15, 0.2) is 0 Å². The fourth-order valence-corrected chi connectivity index (χ4v) is 3.12. The van der Waals surface area contributed by atoms with Gasteiger partial charge in [0.05, 0.1) is 0 Å². The highest BCUT2D eigenvalue weighted by Crippen LogP contribution is 2.27. The van der Waals surface area contributed by atoms with Crippen molar-refractivity contribution in [2.75, 3.05) is 0 Å². The van der Waals surface area contributed by atoms with E-state index in [0.29, 0.717) is 11.6 Å². The molecule has 0 heterocycles. The van der Waals surface area contributed by atoms with Gasteiger partial charge in [0.1, 0.15) is 0 Å². The van der Waals surface area contributed by atoms with Crippen LogP contribution in [0.4, 0.5) is 0 Å². The molecule has 3 N–H and O–H groups in total. The summed E-state index contributed by atoms with van der Waals surface area (Å²) in [4.78, 5) is 11.4. The normalized spacial score (nSPS) is 23.2. The molecule has 0 aliphatic heterocycles. The number of hydrogen-bond acceptors (Lipinski definition) is 2. The van der Waals surface area contributed by atoms with E-state index < -0.39 is 0 Å². The zero-order chi connectivity index (χ0) is 13.7. The van der Waals surface area contributed by atoms with Gasteiger partial charge in [0, 0.05) is 18.2 Å². The molecule has 2 atom stereocenters. The number of carbonyl (C=O) groups excluding carboxylic acids is 1. The van der Waals surface area contributed by atoms with Gasteiger partial charge in [-0.05, 0) is 30.4 Å².